The number of aromatic nitrogens is 2. The van der Waals surface area contributed by atoms with Gasteiger partial charge in [-0.05, 0) is 37.1 Å². The van der Waals surface area contributed by atoms with Gasteiger partial charge in [0.25, 0.3) is 0 Å². The van der Waals surface area contributed by atoms with Crippen LogP contribution in [0.4, 0.5) is 0 Å². The molecule has 1 saturated heterocycles. The Balaban J connectivity index is 1.65. The van der Waals surface area contributed by atoms with Crippen LogP contribution in [0, 0.1) is 0 Å². The molecule has 1 aliphatic heterocycles. The van der Waals surface area contributed by atoms with Gasteiger partial charge in [0, 0.05) is 17.1 Å². The number of hydrogen-bond acceptors (Lipinski definition) is 5. The third-order valence-corrected chi connectivity index (χ3v) is 6.56. The molecular formula is C18H16ClN3O3S. The highest BCUT2D eigenvalue weighted by molar-refractivity contribution is 7.89. The fourth-order valence-electron chi connectivity index (χ4n) is 3.09. The first-order chi connectivity index (χ1) is 12.6. The zero-order valence-electron chi connectivity index (χ0n) is 13.7. The largest absolute Gasteiger partial charge is 0.337 e. The number of halogens is 1. The van der Waals surface area contributed by atoms with E-state index in [1.54, 1.807) is 12.1 Å². The van der Waals surface area contributed by atoms with Crippen molar-refractivity contribution >= 4 is 21.6 Å². The molecule has 1 aliphatic rings. The summed E-state index contributed by atoms with van der Waals surface area (Å²) >= 11 is 5.87. The predicted octanol–water partition coefficient (Wildman–Crippen LogP) is 3.92. The van der Waals surface area contributed by atoms with Crippen molar-refractivity contribution in [2.45, 2.75) is 23.8 Å². The van der Waals surface area contributed by atoms with E-state index < -0.39 is 16.1 Å². The Morgan fingerprint density at radius 3 is 2.54 bits per heavy atom. The Bertz CT molecular complexity index is 1000. The first-order valence-corrected chi connectivity index (χ1v) is 10.0. The molecule has 0 bridgehead atoms. The van der Waals surface area contributed by atoms with Gasteiger partial charge in [0.2, 0.25) is 21.7 Å². The minimum atomic E-state index is -3.66. The van der Waals surface area contributed by atoms with Gasteiger partial charge in [0.15, 0.2) is 0 Å². The molecule has 0 spiro atoms. The third-order valence-electron chi connectivity index (χ3n) is 4.38. The maximum Gasteiger partial charge on any atom is 0.245 e. The lowest BCUT2D eigenvalue weighted by Crippen LogP contribution is -2.30. The molecule has 2 heterocycles. The van der Waals surface area contributed by atoms with Gasteiger partial charge in [0.1, 0.15) is 6.04 Å². The molecule has 0 radical (unpaired) electrons. The summed E-state index contributed by atoms with van der Waals surface area (Å²) in [6.45, 7) is 0.415. The van der Waals surface area contributed by atoms with Crippen molar-refractivity contribution < 1.29 is 12.9 Å². The molecule has 6 nitrogen and oxygen atoms in total. The number of nitrogens with zero attached hydrogens (tertiary/aromatic N) is 3. The lowest BCUT2D eigenvalue weighted by molar-refractivity contribution is 0.290. The van der Waals surface area contributed by atoms with Gasteiger partial charge in [-0.2, -0.15) is 9.29 Å². The van der Waals surface area contributed by atoms with E-state index in [0.717, 1.165) is 12.0 Å². The SMILES string of the molecule is O=S(=O)(c1ccc(Cl)cc1)N1CCCC1c1nc(-c2ccccc2)no1. The smallest absolute Gasteiger partial charge is 0.245 e. The Morgan fingerprint density at radius 1 is 1.08 bits per heavy atom. The van der Waals surface area contributed by atoms with Crippen LogP contribution in [0.15, 0.2) is 64.0 Å². The number of sulfonamides is 1. The highest BCUT2D eigenvalue weighted by atomic mass is 35.5. The fourth-order valence-corrected chi connectivity index (χ4v) is 4.87. The molecular weight excluding hydrogens is 374 g/mol. The summed E-state index contributed by atoms with van der Waals surface area (Å²) in [5.41, 5.74) is 0.826. The van der Waals surface area contributed by atoms with Crippen LogP contribution in [0.5, 0.6) is 0 Å². The minimum absolute atomic E-state index is 0.205. The molecule has 1 atom stereocenters. The van der Waals surface area contributed by atoms with Crippen molar-refractivity contribution in [1.82, 2.24) is 14.4 Å². The number of rotatable bonds is 4. The highest BCUT2D eigenvalue weighted by Crippen LogP contribution is 2.36. The third kappa shape index (κ3) is 3.13. The highest BCUT2D eigenvalue weighted by Gasteiger charge is 2.39. The second-order valence-corrected chi connectivity index (χ2v) is 8.38. The Hall–Kier alpha value is -2.22. The number of benzene rings is 2. The summed E-state index contributed by atoms with van der Waals surface area (Å²) in [5.74, 6) is 0.773. The van der Waals surface area contributed by atoms with Gasteiger partial charge in [-0.1, -0.05) is 47.1 Å². The van der Waals surface area contributed by atoms with Crippen LogP contribution in [-0.2, 0) is 10.0 Å². The van der Waals surface area contributed by atoms with E-state index in [0.29, 0.717) is 29.7 Å². The van der Waals surface area contributed by atoms with Gasteiger partial charge >= 0.3 is 0 Å². The molecule has 3 aromatic rings. The summed E-state index contributed by atoms with van der Waals surface area (Å²) in [7, 11) is -3.66. The minimum Gasteiger partial charge on any atom is -0.337 e. The van der Waals surface area contributed by atoms with E-state index in [1.807, 2.05) is 30.3 Å². The van der Waals surface area contributed by atoms with Crippen molar-refractivity contribution in [3.8, 4) is 11.4 Å². The van der Waals surface area contributed by atoms with Crippen molar-refractivity contribution in [2.75, 3.05) is 6.54 Å². The van der Waals surface area contributed by atoms with Gasteiger partial charge in [-0.15, -0.1) is 0 Å². The van der Waals surface area contributed by atoms with Crippen LogP contribution >= 0.6 is 11.6 Å². The van der Waals surface area contributed by atoms with Crippen molar-refractivity contribution in [1.29, 1.82) is 0 Å². The monoisotopic (exact) mass is 389 g/mol. The maximum absolute atomic E-state index is 13.0. The zero-order chi connectivity index (χ0) is 18.1. The van der Waals surface area contributed by atoms with Gasteiger partial charge < -0.3 is 4.52 Å². The first-order valence-electron chi connectivity index (χ1n) is 8.22. The van der Waals surface area contributed by atoms with E-state index in [2.05, 4.69) is 10.1 Å². The maximum atomic E-state index is 13.0. The quantitative estimate of drug-likeness (QED) is 0.676. The molecule has 1 unspecified atom stereocenters. The second-order valence-electron chi connectivity index (χ2n) is 6.05. The van der Waals surface area contributed by atoms with Gasteiger partial charge in [0.05, 0.1) is 4.90 Å². The van der Waals surface area contributed by atoms with Crippen molar-refractivity contribution in [2.24, 2.45) is 0 Å². The average Bonchev–Trinajstić information content (AvgIpc) is 3.32. The normalized spacial score (nSPS) is 18.3. The number of hydrogen-bond donors (Lipinski definition) is 0. The lowest BCUT2D eigenvalue weighted by Gasteiger charge is -2.21. The van der Waals surface area contributed by atoms with Crippen LogP contribution in [-0.4, -0.2) is 29.4 Å². The van der Waals surface area contributed by atoms with E-state index in [9.17, 15) is 8.42 Å². The Morgan fingerprint density at radius 2 is 1.81 bits per heavy atom. The molecule has 134 valence electrons. The van der Waals surface area contributed by atoms with E-state index in [1.165, 1.54) is 16.4 Å². The predicted molar refractivity (Wildman–Crippen MR) is 97.1 cm³/mol. The summed E-state index contributed by atoms with van der Waals surface area (Å²) in [5, 5.41) is 4.50. The lowest BCUT2D eigenvalue weighted by atomic mass is 10.2. The Kier molecular flexibility index (Phi) is 4.52. The standard InChI is InChI=1S/C18H16ClN3O3S/c19-14-8-10-15(11-9-14)26(23,24)22-12-4-7-16(22)18-20-17(21-25-18)13-5-2-1-3-6-13/h1-3,5-6,8-11,16H,4,7,12H2. The summed E-state index contributed by atoms with van der Waals surface area (Å²) in [6.07, 6.45) is 1.38. The van der Waals surface area contributed by atoms with Crippen LogP contribution in [0.25, 0.3) is 11.4 Å². The Labute approximate surface area is 156 Å². The van der Waals surface area contributed by atoms with Gasteiger partial charge in [-0.25, -0.2) is 8.42 Å². The van der Waals surface area contributed by atoms with Crippen LogP contribution in [0.3, 0.4) is 0 Å². The molecule has 0 N–H and O–H groups in total. The van der Waals surface area contributed by atoms with Gasteiger partial charge in [-0.3, -0.25) is 0 Å². The van der Waals surface area contributed by atoms with E-state index in [4.69, 9.17) is 16.1 Å². The molecule has 0 saturated carbocycles. The molecule has 0 amide bonds. The summed E-state index contributed by atoms with van der Waals surface area (Å²) in [4.78, 5) is 4.63. The summed E-state index contributed by atoms with van der Waals surface area (Å²) in [6, 6.07) is 15.1. The second kappa shape index (κ2) is 6.83. The first kappa shape index (κ1) is 17.2. The van der Waals surface area contributed by atoms with Crippen LogP contribution < -0.4 is 0 Å². The molecule has 0 aliphatic carbocycles. The van der Waals surface area contributed by atoms with Crippen molar-refractivity contribution in [3.05, 3.63) is 65.5 Å². The molecule has 8 heteroatoms. The van der Waals surface area contributed by atoms with Crippen LogP contribution in [0.1, 0.15) is 24.8 Å². The zero-order valence-corrected chi connectivity index (χ0v) is 15.3. The van der Waals surface area contributed by atoms with E-state index >= 15 is 0 Å². The molecule has 2 aromatic carbocycles. The molecule has 26 heavy (non-hydrogen) atoms. The summed E-state index contributed by atoms with van der Waals surface area (Å²) < 4.78 is 32.8. The molecule has 1 fully saturated rings. The van der Waals surface area contributed by atoms with E-state index in [-0.39, 0.29) is 4.90 Å². The van der Waals surface area contributed by atoms with Crippen LogP contribution in [0.2, 0.25) is 5.02 Å². The topological polar surface area (TPSA) is 76.3 Å². The average molecular weight is 390 g/mol. The molecule has 1 aromatic heterocycles. The molecule has 4 rings (SSSR count). The van der Waals surface area contributed by atoms with Crippen molar-refractivity contribution in [3.63, 3.8) is 0 Å². The fraction of sp³-hybridized carbons (Fsp3) is 0.222.